The fourth-order valence-corrected chi connectivity index (χ4v) is 3.71. The van der Waals surface area contributed by atoms with Crippen molar-refractivity contribution in [3.8, 4) is 0 Å². The standard InChI is InChI=1S/C21H23N3O2S/c1-14(16-9-5-4-6-10-16)13-22-19(25)15(2)27-21-23-18-12-8-7-11-17(18)20(26)24(21)3/h4-12,14-15H,13H2,1-3H3,(H,22,25). The van der Waals surface area contributed by atoms with Crippen molar-refractivity contribution in [3.05, 3.63) is 70.5 Å². The minimum Gasteiger partial charge on any atom is -0.355 e. The van der Waals surface area contributed by atoms with Gasteiger partial charge >= 0.3 is 0 Å². The summed E-state index contributed by atoms with van der Waals surface area (Å²) in [6, 6.07) is 17.3. The highest BCUT2D eigenvalue weighted by molar-refractivity contribution is 8.00. The SMILES string of the molecule is CC(Sc1nc2ccccc2c(=O)n1C)C(=O)NCC(C)c1ccccc1. The van der Waals surface area contributed by atoms with E-state index < -0.39 is 0 Å². The molecule has 3 aromatic rings. The van der Waals surface area contributed by atoms with Crippen molar-refractivity contribution in [1.29, 1.82) is 0 Å². The van der Waals surface area contributed by atoms with Crippen LogP contribution in [0.2, 0.25) is 0 Å². The van der Waals surface area contributed by atoms with Gasteiger partial charge in [-0.1, -0.05) is 61.2 Å². The van der Waals surface area contributed by atoms with Crippen LogP contribution in [-0.2, 0) is 11.8 Å². The fraction of sp³-hybridized carbons (Fsp3) is 0.286. The van der Waals surface area contributed by atoms with Crippen molar-refractivity contribution >= 4 is 28.6 Å². The van der Waals surface area contributed by atoms with Gasteiger partial charge in [0.15, 0.2) is 5.16 Å². The van der Waals surface area contributed by atoms with Crippen molar-refractivity contribution in [2.24, 2.45) is 7.05 Å². The van der Waals surface area contributed by atoms with Crippen LogP contribution in [0.4, 0.5) is 0 Å². The molecule has 0 spiro atoms. The second kappa shape index (κ2) is 8.39. The molecule has 0 saturated heterocycles. The summed E-state index contributed by atoms with van der Waals surface area (Å²) in [4.78, 5) is 29.5. The van der Waals surface area contributed by atoms with Gasteiger partial charge in [-0.25, -0.2) is 4.98 Å². The molecule has 1 aromatic heterocycles. The van der Waals surface area contributed by atoms with E-state index in [1.807, 2.05) is 43.3 Å². The summed E-state index contributed by atoms with van der Waals surface area (Å²) in [7, 11) is 1.69. The topological polar surface area (TPSA) is 64.0 Å². The number of fused-ring (bicyclic) bond motifs is 1. The lowest BCUT2D eigenvalue weighted by molar-refractivity contribution is -0.120. The monoisotopic (exact) mass is 381 g/mol. The molecule has 1 N–H and O–H groups in total. The molecule has 0 fully saturated rings. The van der Waals surface area contributed by atoms with Crippen molar-refractivity contribution in [3.63, 3.8) is 0 Å². The Kier molecular flexibility index (Phi) is 5.96. The minimum absolute atomic E-state index is 0.0646. The third-order valence-electron chi connectivity index (χ3n) is 4.54. The molecule has 0 aliphatic rings. The molecule has 0 aliphatic heterocycles. The Balaban J connectivity index is 1.67. The number of hydrogen-bond donors (Lipinski definition) is 1. The van der Waals surface area contributed by atoms with Gasteiger partial charge in [0.25, 0.3) is 5.56 Å². The maximum atomic E-state index is 12.5. The van der Waals surface area contributed by atoms with Crippen LogP contribution in [0.5, 0.6) is 0 Å². The smallest absolute Gasteiger partial charge is 0.261 e. The van der Waals surface area contributed by atoms with E-state index in [4.69, 9.17) is 0 Å². The Morgan fingerprint density at radius 1 is 1.11 bits per heavy atom. The first-order valence-electron chi connectivity index (χ1n) is 8.92. The van der Waals surface area contributed by atoms with Gasteiger partial charge in [-0.05, 0) is 30.5 Å². The van der Waals surface area contributed by atoms with E-state index in [0.717, 1.165) is 0 Å². The van der Waals surface area contributed by atoms with E-state index in [1.54, 1.807) is 13.1 Å². The predicted molar refractivity (Wildman–Crippen MR) is 110 cm³/mol. The number of nitrogens with one attached hydrogen (secondary N) is 1. The number of carbonyl (C=O) groups is 1. The van der Waals surface area contributed by atoms with Gasteiger partial charge in [-0.3, -0.25) is 14.2 Å². The van der Waals surface area contributed by atoms with Crippen LogP contribution in [0, 0.1) is 0 Å². The summed E-state index contributed by atoms with van der Waals surface area (Å²) in [5.74, 6) is 0.167. The van der Waals surface area contributed by atoms with Gasteiger partial charge in [0, 0.05) is 13.6 Å². The van der Waals surface area contributed by atoms with E-state index in [9.17, 15) is 9.59 Å². The van der Waals surface area contributed by atoms with Gasteiger partial charge in [-0.15, -0.1) is 0 Å². The maximum Gasteiger partial charge on any atom is 0.261 e. The quantitative estimate of drug-likeness (QED) is 0.525. The number of carbonyl (C=O) groups excluding carboxylic acids is 1. The molecule has 2 unspecified atom stereocenters. The minimum atomic E-state index is -0.354. The van der Waals surface area contributed by atoms with E-state index in [2.05, 4.69) is 29.4 Å². The van der Waals surface area contributed by atoms with E-state index >= 15 is 0 Å². The summed E-state index contributed by atoms with van der Waals surface area (Å²) in [6.45, 7) is 4.48. The first-order chi connectivity index (χ1) is 13.0. The largest absolute Gasteiger partial charge is 0.355 e. The average Bonchev–Trinajstić information content (AvgIpc) is 2.70. The van der Waals surface area contributed by atoms with Gasteiger partial charge < -0.3 is 5.32 Å². The summed E-state index contributed by atoms with van der Waals surface area (Å²) in [6.07, 6.45) is 0. The van der Waals surface area contributed by atoms with Crippen LogP contribution in [0.1, 0.15) is 25.3 Å². The molecular weight excluding hydrogens is 358 g/mol. The first kappa shape index (κ1) is 19.2. The summed E-state index contributed by atoms with van der Waals surface area (Å²) in [5.41, 5.74) is 1.73. The number of amides is 1. The maximum absolute atomic E-state index is 12.5. The van der Waals surface area contributed by atoms with Crippen molar-refractivity contribution in [2.75, 3.05) is 6.54 Å². The molecule has 5 nitrogen and oxygen atoms in total. The van der Waals surface area contributed by atoms with Gasteiger partial charge in [0.1, 0.15) is 0 Å². The van der Waals surface area contributed by atoms with Gasteiger partial charge in [0.2, 0.25) is 5.91 Å². The number of thioether (sulfide) groups is 1. The molecule has 2 aromatic carbocycles. The number of rotatable bonds is 6. The van der Waals surface area contributed by atoms with Crippen LogP contribution in [0.3, 0.4) is 0 Å². The molecule has 3 rings (SSSR count). The Bertz CT molecular complexity index is 1000. The first-order valence-corrected chi connectivity index (χ1v) is 9.80. The molecule has 2 atom stereocenters. The zero-order chi connectivity index (χ0) is 19.4. The Morgan fingerprint density at radius 3 is 2.52 bits per heavy atom. The summed E-state index contributed by atoms with van der Waals surface area (Å²) in [5, 5.41) is 3.76. The lowest BCUT2D eigenvalue weighted by Crippen LogP contribution is -2.34. The predicted octanol–water partition coefficient (Wildman–Crippen LogP) is 3.33. The highest BCUT2D eigenvalue weighted by atomic mass is 32.2. The van der Waals surface area contributed by atoms with E-state index in [-0.39, 0.29) is 22.6 Å². The molecular formula is C21H23N3O2S. The molecule has 1 heterocycles. The van der Waals surface area contributed by atoms with Gasteiger partial charge in [-0.2, -0.15) is 0 Å². The van der Waals surface area contributed by atoms with Crippen LogP contribution < -0.4 is 10.9 Å². The van der Waals surface area contributed by atoms with Crippen LogP contribution in [-0.4, -0.2) is 27.3 Å². The number of nitrogens with zero attached hydrogens (tertiary/aromatic N) is 2. The second-order valence-electron chi connectivity index (χ2n) is 6.59. The molecule has 0 bridgehead atoms. The summed E-state index contributed by atoms with van der Waals surface area (Å²) < 4.78 is 1.50. The highest BCUT2D eigenvalue weighted by Crippen LogP contribution is 2.22. The molecule has 6 heteroatoms. The normalized spacial score (nSPS) is 13.3. The average molecular weight is 382 g/mol. The molecule has 27 heavy (non-hydrogen) atoms. The number of hydrogen-bond acceptors (Lipinski definition) is 4. The lowest BCUT2D eigenvalue weighted by atomic mass is 10.0. The van der Waals surface area contributed by atoms with Crippen LogP contribution in [0.25, 0.3) is 10.9 Å². The number of benzene rings is 2. The Hall–Kier alpha value is -2.60. The number of para-hydroxylation sites is 1. The molecule has 0 aliphatic carbocycles. The third kappa shape index (κ3) is 4.39. The fourth-order valence-electron chi connectivity index (χ4n) is 2.81. The zero-order valence-corrected chi connectivity index (χ0v) is 16.5. The van der Waals surface area contributed by atoms with Gasteiger partial charge in [0.05, 0.1) is 16.2 Å². The summed E-state index contributed by atoms with van der Waals surface area (Å²) >= 11 is 1.29. The lowest BCUT2D eigenvalue weighted by Gasteiger charge is -2.16. The highest BCUT2D eigenvalue weighted by Gasteiger charge is 2.19. The molecule has 1 amide bonds. The molecule has 140 valence electrons. The molecule has 0 radical (unpaired) electrons. The van der Waals surface area contributed by atoms with E-state index in [1.165, 1.54) is 21.9 Å². The number of aromatic nitrogens is 2. The van der Waals surface area contributed by atoms with Crippen molar-refractivity contribution in [1.82, 2.24) is 14.9 Å². The van der Waals surface area contributed by atoms with Crippen LogP contribution >= 0.6 is 11.8 Å². The third-order valence-corrected chi connectivity index (χ3v) is 5.69. The second-order valence-corrected chi connectivity index (χ2v) is 7.90. The van der Waals surface area contributed by atoms with E-state index in [0.29, 0.717) is 22.6 Å². The zero-order valence-electron chi connectivity index (χ0n) is 15.7. The Labute approximate surface area is 162 Å². The van der Waals surface area contributed by atoms with Crippen LogP contribution in [0.15, 0.2) is 64.5 Å². The van der Waals surface area contributed by atoms with Crippen molar-refractivity contribution < 1.29 is 4.79 Å². The van der Waals surface area contributed by atoms with Crippen molar-refractivity contribution in [2.45, 2.75) is 30.2 Å². The Morgan fingerprint density at radius 2 is 1.78 bits per heavy atom. The molecule has 0 saturated carbocycles.